The van der Waals surface area contributed by atoms with Gasteiger partial charge in [-0.25, -0.2) is 0 Å². The van der Waals surface area contributed by atoms with Crippen molar-refractivity contribution < 1.29 is 24.2 Å². The van der Waals surface area contributed by atoms with Crippen molar-refractivity contribution in [2.24, 2.45) is 5.92 Å². The number of carbonyl (C=O) groups is 2. The molecular formula is C23H27NO5. The minimum atomic E-state index is -0.845. The molecule has 2 atom stereocenters. The van der Waals surface area contributed by atoms with Crippen LogP contribution >= 0.6 is 0 Å². The van der Waals surface area contributed by atoms with E-state index < -0.39 is 5.97 Å². The largest absolute Gasteiger partial charge is 0.497 e. The van der Waals surface area contributed by atoms with Gasteiger partial charge in [0.1, 0.15) is 11.5 Å². The topological polar surface area (TPSA) is 76.1 Å². The predicted octanol–water partition coefficient (Wildman–Crippen LogP) is 3.70. The summed E-state index contributed by atoms with van der Waals surface area (Å²) in [7, 11) is 3.24. The Morgan fingerprint density at radius 2 is 1.86 bits per heavy atom. The van der Waals surface area contributed by atoms with Crippen molar-refractivity contribution >= 4 is 11.9 Å². The molecule has 0 aromatic heterocycles. The number of aliphatic carboxylic acids is 1. The molecule has 2 aromatic carbocycles. The van der Waals surface area contributed by atoms with Crippen LogP contribution < -0.4 is 9.47 Å². The van der Waals surface area contributed by atoms with Gasteiger partial charge < -0.3 is 19.5 Å². The van der Waals surface area contributed by atoms with E-state index in [2.05, 4.69) is 0 Å². The predicted molar refractivity (Wildman–Crippen MR) is 109 cm³/mol. The number of methoxy groups -OCH3 is 2. The Kier molecular flexibility index (Phi) is 6.75. The van der Waals surface area contributed by atoms with Gasteiger partial charge >= 0.3 is 5.97 Å². The van der Waals surface area contributed by atoms with Crippen molar-refractivity contribution in [1.29, 1.82) is 0 Å². The van der Waals surface area contributed by atoms with Crippen LogP contribution in [0.1, 0.15) is 36.3 Å². The zero-order valence-corrected chi connectivity index (χ0v) is 16.8. The van der Waals surface area contributed by atoms with Gasteiger partial charge in [-0.1, -0.05) is 30.3 Å². The second kappa shape index (κ2) is 9.45. The van der Waals surface area contributed by atoms with Crippen molar-refractivity contribution in [3.05, 3.63) is 59.7 Å². The minimum absolute atomic E-state index is 0.0520. The first-order chi connectivity index (χ1) is 14.0. The van der Waals surface area contributed by atoms with Crippen LogP contribution in [0.15, 0.2) is 48.5 Å². The number of carboxylic acids is 1. The maximum absolute atomic E-state index is 13.2. The molecule has 1 aliphatic rings. The highest BCUT2D eigenvalue weighted by Gasteiger charge is 2.47. The Bertz CT molecular complexity index is 852. The van der Waals surface area contributed by atoms with Crippen LogP contribution in [0, 0.1) is 5.92 Å². The highest BCUT2D eigenvalue weighted by molar-refractivity contribution is 5.83. The van der Waals surface area contributed by atoms with Crippen LogP contribution in [0.4, 0.5) is 0 Å². The molecule has 0 heterocycles. The number of rotatable bonds is 10. The summed E-state index contributed by atoms with van der Waals surface area (Å²) < 4.78 is 10.8. The molecule has 0 bridgehead atoms. The van der Waals surface area contributed by atoms with Crippen molar-refractivity contribution in [3.8, 4) is 11.5 Å². The number of nitrogens with zero attached hydrogens (tertiary/aromatic N) is 1. The molecule has 6 nitrogen and oxygen atoms in total. The molecule has 2 aromatic rings. The van der Waals surface area contributed by atoms with Gasteiger partial charge in [-0.15, -0.1) is 0 Å². The average Bonchev–Trinajstić information content (AvgIpc) is 3.53. The number of carbonyl (C=O) groups excluding carboxylic acids is 1. The summed E-state index contributed by atoms with van der Waals surface area (Å²) in [6.45, 7) is 0.913. The molecule has 0 saturated heterocycles. The summed E-state index contributed by atoms with van der Waals surface area (Å²) in [6.07, 6.45) is 1.25. The van der Waals surface area contributed by atoms with E-state index in [0.717, 1.165) is 29.0 Å². The Morgan fingerprint density at radius 1 is 1.10 bits per heavy atom. The van der Waals surface area contributed by atoms with Gasteiger partial charge in [-0.05, 0) is 36.6 Å². The number of ether oxygens (including phenoxy) is 2. The quantitative estimate of drug-likeness (QED) is 0.662. The summed E-state index contributed by atoms with van der Waals surface area (Å²) >= 11 is 0. The third-order valence-corrected chi connectivity index (χ3v) is 5.29. The van der Waals surface area contributed by atoms with Crippen LogP contribution in [0.3, 0.4) is 0 Å². The maximum Gasteiger partial charge on any atom is 0.303 e. The number of hydrogen-bond acceptors (Lipinski definition) is 4. The molecule has 154 valence electrons. The number of carboxylic acid groups (broad SMARTS) is 1. The van der Waals surface area contributed by atoms with E-state index in [-0.39, 0.29) is 24.2 Å². The van der Waals surface area contributed by atoms with Gasteiger partial charge in [0, 0.05) is 36.9 Å². The van der Waals surface area contributed by atoms with Crippen molar-refractivity contribution in [2.75, 3.05) is 20.8 Å². The highest BCUT2D eigenvalue weighted by atomic mass is 16.5. The molecule has 1 aliphatic carbocycles. The van der Waals surface area contributed by atoms with Crippen LogP contribution in [-0.2, 0) is 16.1 Å². The molecular weight excluding hydrogens is 370 g/mol. The Hall–Kier alpha value is -3.02. The minimum Gasteiger partial charge on any atom is -0.497 e. The smallest absolute Gasteiger partial charge is 0.303 e. The fourth-order valence-electron chi connectivity index (χ4n) is 3.67. The van der Waals surface area contributed by atoms with Gasteiger partial charge in [0.2, 0.25) is 5.91 Å². The first-order valence-corrected chi connectivity index (χ1v) is 9.80. The van der Waals surface area contributed by atoms with Gasteiger partial charge in [0.25, 0.3) is 0 Å². The Balaban J connectivity index is 1.73. The first kappa shape index (κ1) is 20.7. The van der Waals surface area contributed by atoms with Crippen LogP contribution in [0.2, 0.25) is 0 Å². The van der Waals surface area contributed by atoms with Crippen LogP contribution in [-0.4, -0.2) is 42.6 Å². The standard InChI is InChI=1S/C23H27NO5/c1-28-17-10-11-21(29-2)19(13-17)18-14-20(18)23(27)24(12-6-9-22(25)26)15-16-7-4-3-5-8-16/h3-5,7-8,10-11,13,18,20H,6,9,12,14-15H2,1-2H3,(H,25,26). The van der Waals surface area contributed by atoms with E-state index >= 15 is 0 Å². The Labute approximate surface area is 171 Å². The number of benzene rings is 2. The Morgan fingerprint density at radius 3 is 2.52 bits per heavy atom. The molecule has 2 unspecified atom stereocenters. The average molecular weight is 397 g/mol. The van der Waals surface area contributed by atoms with Gasteiger partial charge in [0.05, 0.1) is 14.2 Å². The van der Waals surface area contributed by atoms with Crippen LogP contribution in [0.25, 0.3) is 0 Å². The lowest BCUT2D eigenvalue weighted by Gasteiger charge is -2.23. The SMILES string of the molecule is COc1ccc(OC)c(C2CC2C(=O)N(CCCC(=O)O)Cc2ccccc2)c1. The molecule has 1 fully saturated rings. The summed E-state index contributed by atoms with van der Waals surface area (Å²) in [6, 6.07) is 15.4. The third-order valence-electron chi connectivity index (χ3n) is 5.29. The lowest BCUT2D eigenvalue weighted by Crippen LogP contribution is -2.33. The first-order valence-electron chi connectivity index (χ1n) is 9.80. The van der Waals surface area contributed by atoms with E-state index in [9.17, 15) is 9.59 Å². The lowest BCUT2D eigenvalue weighted by molar-refractivity contribution is -0.138. The summed E-state index contributed by atoms with van der Waals surface area (Å²) in [5, 5.41) is 8.94. The van der Waals surface area contributed by atoms with E-state index in [1.54, 1.807) is 19.1 Å². The molecule has 0 spiro atoms. The summed E-state index contributed by atoms with van der Waals surface area (Å²) in [5.74, 6) is 0.680. The molecule has 1 saturated carbocycles. The molecule has 3 rings (SSSR count). The zero-order chi connectivity index (χ0) is 20.8. The second-order valence-electron chi connectivity index (χ2n) is 7.30. The molecule has 29 heavy (non-hydrogen) atoms. The summed E-state index contributed by atoms with van der Waals surface area (Å²) in [4.78, 5) is 25.9. The normalized spacial score (nSPS) is 17.4. The zero-order valence-electron chi connectivity index (χ0n) is 16.8. The van der Waals surface area contributed by atoms with E-state index in [1.165, 1.54) is 0 Å². The second-order valence-corrected chi connectivity index (χ2v) is 7.30. The fourth-order valence-corrected chi connectivity index (χ4v) is 3.67. The van der Waals surface area contributed by atoms with Gasteiger partial charge in [-0.3, -0.25) is 9.59 Å². The van der Waals surface area contributed by atoms with Gasteiger partial charge in [-0.2, -0.15) is 0 Å². The van der Waals surface area contributed by atoms with Crippen molar-refractivity contribution in [3.63, 3.8) is 0 Å². The van der Waals surface area contributed by atoms with E-state index in [1.807, 2.05) is 48.5 Å². The molecule has 0 aliphatic heterocycles. The van der Waals surface area contributed by atoms with Gasteiger partial charge in [0.15, 0.2) is 0 Å². The maximum atomic E-state index is 13.2. The number of amides is 1. The molecule has 1 amide bonds. The fraction of sp³-hybridized carbons (Fsp3) is 0.391. The van der Waals surface area contributed by atoms with Crippen molar-refractivity contribution in [2.45, 2.75) is 31.7 Å². The monoisotopic (exact) mass is 397 g/mol. The highest BCUT2D eigenvalue weighted by Crippen LogP contribution is 2.52. The summed E-state index contributed by atoms with van der Waals surface area (Å²) in [5.41, 5.74) is 2.02. The molecule has 0 radical (unpaired) electrons. The van der Waals surface area contributed by atoms with Crippen LogP contribution in [0.5, 0.6) is 11.5 Å². The third kappa shape index (κ3) is 5.28. The van der Waals surface area contributed by atoms with E-state index in [4.69, 9.17) is 14.6 Å². The number of hydrogen-bond donors (Lipinski definition) is 1. The van der Waals surface area contributed by atoms with E-state index in [0.29, 0.717) is 19.5 Å². The van der Waals surface area contributed by atoms with Crippen molar-refractivity contribution in [1.82, 2.24) is 4.90 Å². The lowest BCUT2D eigenvalue weighted by atomic mass is 10.1. The molecule has 6 heteroatoms. The molecule has 1 N–H and O–H groups in total.